The Kier molecular flexibility index (Phi) is 5.45. The predicted octanol–water partition coefficient (Wildman–Crippen LogP) is 3.40. The molecule has 31 heavy (non-hydrogen) atoms. The molecule has 0 radical (unpaired) electrons. The smallest absolute Gasteiger partial charge is 0.251 e. The van der Waals surface area contributed by atoms with Gasteiger partial charge in [0.25, 0.3) is 5.91 Å². The van der Waals surface area contributed by atoms with E-state index < -0.39 is 6.10 Å². The number of nitrogens with zero attached hydrogens (tertiary/aromatic N) is 1. The van der Waals surface area contributed by atoms with Gasteiger partial charge in [-0.1, -0.05) is 48.5 Å². The first-order valence-corrected chi connectivity index (χ1v) is 10.8. The van der Waals surface area contributed by atoms with Crippen molar-refractivity contribution >= 4 is 5.91 Å². The predicted molar refractivity (Wildman–Crippen MR) is 120 cm³/mol. The molecule has 0 fully saturated rings. The Labute approximate surface area is 182 Å². The topological polar surface area (TPSA) is 61.8 Å². The van der Waals surface area contributed by atoms with Crippen molar-refractivity contribution in [2.24, 2.45) is 0 Å². The highest BCUT2D eigenvalue weighted by Crippen LogP contribution is 2.28. The van der Waals surface area contributed by atoms with Crippen LogP contribution in [0.2, 0.25) is 0 Å². The van der Waals surface area contributed by atoms with E-state index in [2.05, 4.69) is 34.5 Å². The number of β-amino-alcohol motifs (C(OH)–C–C–N with tert-alkyl or cyclic N) is 1. The van der Waals surface area contributed by atoms with E-state index >= 15 is 0 Å². The molecule has 0 aliphatic carbocycles. The van der Waals surface area contributed by atoms with E-state index in [1.807, 2.05) is 42.5 Å². The van der Waals surface area contributed by atoms with E-state index in [4.69, 9.17) is 4.74 Å². The summed E-state index contributed by atoms with van der Waals surface area (Å²) in [6.45, 7) is 3.25. The third kappa shape index (κ3) is 4.33. The molecule has 1 amide bonds. The van der Waals surface area contributed by atoms with Crippen molar-refractivity contribution in [3.05, 3.63) is 89.0 Å². The Bertz CT molecular complexity index is 1110. The van der Waals surface area contributed by atoms with Gasteiger partial charge in [-0.15, -0.1) is 0 Å². The average Bonchev–Trinajstić information content (AvgIpc) is 3.18. The van der Waals surface area contributed by atoms with E-state index in [1.165, 1.54) is 11.1 Å². The second-order valence-electron chi connectivity index (χ2n) is 8.30. The number of aliphatic hydroxyl groups excluding tert-OH is 1. The van der Waals surface area contributed by atoms with Crippen LogP contribution in [0, 0.1) is 0 Å². The van der Waals surface area contributed by atoms with Crippen molar-refractivity contribution in [2.45, 2.75) is 25.6 Å². The number of nitrogens with one attached hydrogen (secondary N) is 1. The minimum absolute atomic E-state index is 0.0206. The highest BCUT2D eigenvalue weighted by Gasteiger charge is 2.20. The molecule has 3 aromatic carbocycles. The monoisotopic (exact) mass is 414 g/mol. The molecule has 0 spiro atoms. The average molecular weight is 415 g/mol. The molecule has 5 rings (SSSR count). The Morgan fingerprint density at radius 2 is 1.81 bits per heavy atom. The Morgan fingerprint density at radius 3 is 2.71 bits per heavy atom. The van der Waals surface area contributed by atoms with Crippen LogP contribution in [-0.4, -0.2) is 41.7 Å². The maximum absolute atomic E-state index is 12.0. The zero-order valence-electron chi connectivity index (χ0n) is 17.4. The number of fused-ring (bicyclic) bond motifs is 2. The number of benzene rings is 3. The summed E-state index contributed by atoms with van der Waals surface area (Å²) in [6.07, 6.45) is 0.461. The summed E-state index contributed by atoms with van der Waals surface area (Å²) < 4.78 is 5.90. The van der Waals surface area contributed by atoms with Gasteiger partial charge in [0.1, 0.15) is 18.5 Å². The molecule has 1 unspecified atom stereocenters. The van der Waals surface area contributed by atoms with E-state index in [1.54, 1.807) is 0 Å². The van der Waals surface area contributed by atoms with Crippen molar-refractivity contribution < 1.29 is 14.6 Å². The number of amides is 1. The zero-order chi connectivity index (χ0) is 21.2. The molecule has 2 heterocycles. The number of carbonyl (C=O) groups excluding carboxylic acids is 1. The Morgan fingerprint density at radius 1 is 0.968 bits per heavy atom. The van der Waals surface area contributed by atoms with Crippen LogP contribution < -0.4 is 10.1 Å². The highest BCUT2D eigenvalue weighted by atomic mass is 16.5. The standard InChI is InChI=1S/C26H26N2O3/c29-23(16-28-11-10-18-4-1-2-5-22(18)15-28)17-31-24-7-3-6-19(12-24)20-8-9-21-14-27-26(30)25(21)13-20/h1-9,12-13,23,29H,10-11,14-17H2,(H,27,30). The van der Waals surface area contributed by atoms with Crippen LogP contribution in [-0.2, 0) is 19.5 Å². The highest BCUT2D eigenvalue weighted by molar-refractivity contribution is 5.99. The molecular weight excluding hydrogens is 388 g/mol. The molecule has 5 heteroatoms. The third-order valence-electron chi connectivity index (χ3n) is 6.08. The van der Waals surface area contributed by atoms with E-state index in [0.29, 0.717) is 18.8 Å². The first-order valence-electron chi connectivity index (χ1n) is 10.8. The number of aliphatic hydroxyl groups is 1. The number of carbonyl (C=O) groups is 1. The van der Waals surface area contributed by atoms with Gasteiger partial charge in [0.05, 0.1) is 0 Å². The summed E-state index contributed by atoms with van der Waals surface area (Å²) in [4.78, 5) is 14.2. The van der Waals surface area contributed by atoms with Gasteiger partial charge in [0.2, 0.25) is 0 Å². The zero-order valence-corrected chi connectivity index (χ0v) is 17.4. The molecule has 3 aromatic rings. The van der Waals surface area contributed by atoms with Gasteiger partial charge in [-0.25, -0.2) is 0 Å². The minimum atomic E-state index is -0.558. The van der Waals surface area contributed by atoms with Crippen LogP contribution in [0.3, 0.4) is 0 Å². The van der Waals surface area contributed by atoms with Crippen LogP contribution in [0.1, 0.15) is 27.0 Å². The lowest BCUT2D eigenvalue weighted by Crippen LogP contribution is -2.38. The molecule has 5 nitrogen and oxygen atoms in total. The maximum atomic E-state index is 12.0. The van der Waals surface area contributed by atoms with Crippen molar-refractivity contribution in [3.63, 3.8) is 0 Å². The first-order chi connectivity index (χ1) is 15.2. The van der Waals surface area contributed by atoms with E-state index in [-0.39, 0.29) is 12.5 Å². The first kappa shape index (κ1) is 19.8. The normalized spacial score (nSPS) is 16.4. The van der Waals surface area contributed by atoms with Gasteiger partial charge in [-0.3, -0.25) is 9.69 Å². The van der Waals surface area contributed by atoms with Crippen molar-refractivity contribution in [2.75, 3.05) is 19.7 Å². The molecule has 2 aliphatic heterocycles. The number of ether oxygens (including phenoxy) is 1. The van der Waals surface area contributed by atoms with Crippen LogP contribution in [0.25, 0.3) is 11.1 Å². The molecule has 2 N–H and O–H groups in total. The third-order valence-corrected chi connectivity index (χ3v) is 6.08. The fourth-order valence-corrected chi connectivity index (χ4v) is 4.41. The van der Waals surface area contributed by atoms with E-state index in [0.717, 1.165) is 41.8 Å². The Balaban J connectivity index is 1.20. The lowest BCUT2D eigenvalue weighted by atomic mass is 10.00. The molecule has 0 aromatic heterocycles. The lowest BCUT2D eigenvalue weighted by Gasteiger charge is -2.30. The number of hydrogen-bond donors (Lipinski definition) is 2. The molecule has 1 atom stereocenters. The van der Waals surface area contributed by atoms with Gasteiger partial charge in [-0.05, 0) is 52.4 Å². The second-order valence-corrected chi connectivity index (χ2v) is 8.30. The summed E-state index contributed by atoms with van der Waals surface area (Å²) in [7, 11) is 0. The summed E-state index contributed by atoms with van der Waals surface area (Å²) >= 11 is 0. The fraction of sp³-hybridized carbons (Fsp3) is 0.269. The SMILES string of the molecule is O=C1NCc2ccc(-c3cccc(OCC(O)CN4CCc5ccccc5C4)c3)cc21. The van der Waals surface area contributed by atoms with Gasteiger partial charge >= 0.3 is 0 Å². The van der Waals surface area contributed by atoms with Gasteiger partial charge in [0.15, 0.2) is 0 Å². The van der Waals surface area contributed by atoms with Crippen molar-refractivity contribution in [1.82, 2.24) is 10.2 Å². The largest absolute Gasteiger partial charge is 0.491 e. The maximum Gasteiger partial charge on any atom is 0.251 e. The van der Waals surface area contributed by atoms with Crippen molar-refractivity contribution in [3.8, 4) is 16.9 Å². The van der Waals surface area contributed by atoms with Crippen LogP contribution in [0.4, 0.5) is 0 Å². The fourth-order valence-electron chi connectivity index (χ4n) is 4.41. The quantitative estimate of drug-likeness (QED) is 0.649. The second kappa shape index (κ2) is 8.53. The van der Waals surface area contributed by atoms with Gasteiger partial charge < -0.3 is 15.2 Å². The number of hydrogen-bond acceptors (Lipinski definition) is 4. The number of rotatable bonds is 6. The van der Waals surface area contributed by atoms with Gasteiger partial charge in [-0.2, -0.15) is 0 Å². The minimum Gasteiger partial charge on any atom is -0.491 e. The lowest BCUT2D eigenvalue weighted by molar-refractivity contribution is 0.0638. The van der Waals surface area contributed by atoms with Crippen LogP contribution in [0.15, 0.2) is 66.7 Å². The summed E-state index contributed by atoms with van der Waals surface area (Å²) in [5, 5.41) is 13.4. The van der Waals surface area contributed by atoms with Crippen LogP contribution >= 0.6 is 0 Å². The molecule has 0 saturated carbocycles. The van der Waals surface area contributed by atoms with E-state index in [9.17, 15) is 9.90 Å². The summed E-state index contributed by atoms with van der Waals surface area (Å²) in [6, 6.07) is 22.3. The molecular formula is C26H26N2O3. The molecule has 2 aliphatic rings. The van der Waals surface area contributed by atoms with Crippen molar-refractivity contribution in [1.29, 1.82) is 0 Å². The molecule has 0 bridgehead atoms. The van der Waals surface area contributed by atoms with Crippen LogP contribution in [0.5, 0.6) is 5.75 Å². The molecule has 0 saturated heterocycles. The Hall–Kier alpha value is -3.15. The molecule has 158 valence electrons. The van der Waals surface area contributed by atoms with Gasteiger partial charge in [0, 0.05) is 31.7 Å². The summed E-state index contributed by atoms with van der Waals surface area (Å²) in [5.41, 5.74) is 6.49. The summed E-state index contributed by atoms with van der Waals surface area (Å²) in [5.74, 6) is 0.693.